The minimum absolute atomic E-state index is 0.127. The number of rotatable bonds is 6. The molecule has 0 fully saturated rings. The SMILES string of the molecule is CCCOc1ccc(C(=O)Oc2ccc(Br)cc2C(=O)OC)cc1Br. The predicted octanol–water partition coefficient (Wildman–Crippen LogP) is 5.01. The molecule has 0 aliphatic rings. The Balaban J connectivity index is 2.23. The molecular formula is C18H16Br2O5. The van der Waals surface area contributed by atoms with E-state index in [4.69, 9.17) is 14.2 Å². The van der Waals surface area contributed by atoms with Crippen LogP contribution in [0.25, 0.3) is 0 Å². The largest absolute Gasteiger partial charge is 0.492 e. The highest BCUT2D eigenvalue weighted by Crippen LogP contribution is 2.28. The van der Waals surface area contributed by atoms with Crippen LogP contribution in [0.15, 0.2) is 45.3 Å². The summed E-state index contributed by atoms with van der Waals surface area (Å²) < 4.78 is 17.0. The maximum Gasteiger partial charge on any atom is 0.343 e. The summed E-state index contributed by atoms with van der Waals surface area (Å²) >= 11 is 6.65. The monoisotopic (exact) mass is 470 g/mol. The summed E-state index contributed by atoms with van der Waals surface area (Å²) in [6, 6.07) is 9.65. The molecule has 0 heterocycles. The van der Waals surface area contributed by atoms with Crippen LogP contribution in [0.2, 0.25) is 0 Å². The van der Waals surface area contributed by atoms with E-state index < -0.39 is 11.9 Å². The third kappa shape index (κ3) is 5.06. The molecule has 0 spiro atoms. The average Bonchev–Trinajstić information content (AvgIpc) is 2.61. The maximum atomic E-state index is 12.4. The summed E-state index contributed by atoms with van der Waals surface area (Å²) in [4.78, 5) is 24.2. The number of halogens is 2. The summed E-state index contributed by atoms with van der Waals surface area (Å²) in [5.41, 5.74) is 0.488. The van der Waals surface area contributed by atoms with Gasteiger partial charge in [-0.3, -0.25) is 0 Å². The molecule has 0 saturated carbocycles. The highest BCUT2D eigenvalue weighted by molar-refractivity contribution is 9.10. The molecule has 0 bridgehead atoms. The van der Waals surface area contributed by atoms with Gasteiger partial charge in [0.25, 0.3) is 0 Å². The Labute approximate surface area is 162 Å². The molecule has 0 radical (unpaired) electrons. The number of carbonyl (C=O) groups is 2. The smallest absolute Gasteiger partial charge is 0.343 e. The summed E-state index contributed by atoms with van der Waals surface area (Å²) in [5, 5.41) is 0. The molecule has 0 N–H and O–H groups in total. The van der Waals surface area contributed by atoms with E-state index in [-0.39, 0.29) is 11.3 Å². The molecule has 0 saturated heterocycles. The van der Waals surface area contributed by atoms with Gasteiger partial charge in [-0.1, -0.05) is 22.9 Å². The van der Waals surface area contributed by atoms with E-state index in [0.717, 1.165) is 6.42 Å². The molecule has 0 aliphatic heterocycles. The fourth-order valence-electron chi connectivity index (χ4n) is 1.98. The number of hydrogen-bond donors (Lipinski definition) is 0. The number of carbonyl (C=O) groups excluding carboxylic acids is 2. The van der Waals surface area contributed by atoms with E-state index >= 15 is 0 Å². The van der Waals surface area contributed by atoms with E-state index in [1.165, 1.54) is 19.2 Å². The second-order valence-electron chi connectivity index (χ2n) is 5.02. The fourth-order valence-corrected chi connectivity index (χ4v) is 2.83. The lowest BCUT2D eigenvalue weighted by Crippen LogP contribution is -2.12. The first kappa shape index (κ1) is 19.5. The third-order valence-corrected chi connectivity index (χ3v) is 4.29. The van der Waals surface area contributed by atoms with Crippen molar-refractivity contribution in [3.63, 3.8) is 0 Å². The minimum atomic E-state index is -0.589. The van der Waals surface area contributed by atoms with Gasteiger partial charge in [0.05, 0.1) is 23.8 Å². The molecule has 2 aromatic rings. The van der Waals surface area contributed by atoms with Crippen molar-refractivity contribution < 1.29 is 23.8 Å². The van der Waals surface area contributed by atoms with Gasteiger partial charge >= 0.3 is 11.9 Å². The van der Waals surface area contributed by atoms with Gasteiger partial charge in [-0.05, 0) is 58.7 Å². The molecule has 0 aromatic heterocycles. The zero-order valence-electron chi connectivity index (χ0n) is 13.7. The van der Waals surface area contributed by atoms with Crippen LogP contribution in [0.5, 0.6) is 11.5 Å². The molecule has 2 aromatic carbocycles. The molecule has 0 aliphatic carbocycles. The second-order valence-corrected chi connectivity index (χ2v) is 6.79. The van der Waals surface area contributed by atoms with Crippen LogP contribution < -0.4 is 9.47 Å². The molecule has 2 rings (SSSR count). The Morgan fingerprint density at radius 1 is 1.00 bits per heavy atom. The lowest BCUT2D eigenvalue weighted by atomic mass is 10.2. The summed E-state index contributed by atoms with van der Waals surface area (Å²) in [6.07, 6.45) is 0.885. The van der Waals surface area contributed by atoms with Crippen molar-refractivity contribution in [2.75, 3.05) is 13.7 Å². The van der Waals surface area contributed by atoms with Crippen LogP contribution in [0.4, 0.5) is 0 Å². The first-order valence-corrected chi connectivity index (χ1v) is 9.07. The van der Waals surface area contributed by atoms with Crippen molar-refractivity contribution in [3.05, 3.63) is 56.5 Å². The number of methoxy groups -OCH3 is 1. The predicted molar refractivity (Wildman–Crippen MR) is 100 cm³/mol. The minimum Gasteiger partial charge on any atom is -0.492 e. The lowest BCUT2D eigenvalue weighted by molar-refractivity contribution is 0.0593. The highest BCUT2D eigenvalue weighted by Gasteiger charge is 2.18. The zero-order chi connectivity index (χ0) is 18.4. The number of ether oxygens (including phenoxy) is 3. The molecule has 132 valence electrons. The lowest BCUT2D eigenvalue weighted by Gasteiger charge is -2.11. The molecular weight excluding hydrogens is 456 g/mol. The van der Waals surface area contributed by atoms with Crippen molar-refractivity contribution >= 4 is 43.8 Å². The zero-order valence-corrected chi connectivity index (χ0v) is 16.8. The van der Waals surface area contributed by atoms with Crippen LogP contribution >= 0.6 is 31.9 Å². The Bertz CT molecular complexity index is 789. The summed E-state index contributed by atoms with van der Waals surface area (Å²) in [6.45, 7) is 2.60. The van der Waals surface area contributed by atoms with Crippen LogP contribution in [-0.2, 0) is 4.74 Å². The Morgan fingerprint density at radius 2 is 1.72 bits per heavy atom. The van der Waals surface area contributed by atoms with E-state index in [9.17, 15) is 9.59 Å². The summed E-state index contributed by atoms with van der Waals surface area (Å²) in [5.74, 6) is -0.399. The quantitative estimate of drug-likeness (QED) is 0.438. The molecule has 0 unspecified atom stereocenters. The maximum absolute atomic E-state index is 12.4. The van der Waals surface area contributed by atoms with Gasteiger partial charge in [0, 0.05) is 4.47 Å². The molecule has 25 heavy (non-hydrogen) atoms. The van der Waals surface area contributed by atoms with Crippen molar-refractivity contribution in [3.8, 4) is 11.5 Å². The van der Waals surface area contributed by atoms with Crippen LogP contribution in [0.3, 0.4) is 0 Å². The van der Waals surface area contributed by atoms with Crippen molar-refractivity contribution in [1.29, 1.82) is 0 Å². The van der Waals surface area contributed by atoms with Crippen LogP contribution in [0.1, 0.15) is 34.1 Å². The average molecular weight is 472 g/mol. The van der Waals surface area contributed by atoms with E-state index in [1.54, 1.807) is 24.3 Å². The normalized spacial score (nSPS) is 10.2. The first-order valence-electron chi connectivity index (χ1n) is 7.48. The molecule has 0 atom stereocenters. The van der Waals surface area contributed by atoms with E-state index in [2.05, 4.69) is 31.9 Å². The number of hydrogen-bond acceptors (Lipinski definition) is 5. The van der Waals surface area contributed by atoms with E-state index in [0.29, 0.717) is 26.9 Å². The Kier molecular flexibility index (Phi) is 7.01. The number of benzene rings is 2. The third-order valence-electron chi connectivity index (χ3n) is 3.18. The Hall–Kier alpha value is -1.86. The van der Waals surface area contributed by atoms with Gasteiger partial charge < -0.3 is 14.2 Å². The molecule has 0 amide bonds. The fraction of sp³-hybridized carbons (Fsp3) is 0.222. The van der Waals surface area contributed by atoms with Gasteiger partial charge in [-0.2, -0.15) is 0 Å². The Morgan fingerprint density at radius 3 is 2.36 bits per heavy atom. The van der Waals surface area contributed by atoms with Crippen molar-refractivity contribution in [2.24, 2.45) is 0 Å². The standard InChI is InChI=1S/C18H16Br2O5/c1-3-8-24-16-6-4-11(9-14(16)20)17(21)25-15-7-5-12(19)10-13(15)18(22)23-2/h4-7,9-10H,3,8H2,1-2H3. The summed E-state index contributed by atoms with van der Waals surface area (Å²) in [7, 11) is 1.26. The van der Waals surface area contributed by atoms with Gasteiger partial charge in [0.1, 0.15) is 17.1 Å². The van der Waals surface area contributed by atoms with Crippen molar-refractivity contribution in [2.45, 2.75) is 13.3 Å². The van der Waals surface area contributed by atoms with Crippen LogP contribution in [0, 0.1) is 0 Å². The number of esters is 2. The molecule has 7 heteroatoms. The highest BCUT2D eigenvalue weighted by atomic mass is 79.9. The van der Waals surface area contributed by atoms with Gasteiger partial charge in [-0.25, -0.2) is 9.59 Å². The van der Waals surface area contributed by atoms with E-state index in [1.807, 2.05) is 6.92 Å². The van der Waals surface area contributed by atoms with Gasteiger partial charge in [-0.15, -0.1) is 0 Å². The molecule has 5 nitrogen and oxygen atoms in total. The second kappa shape index (κ2) is 9.01. The first-order chi connectivity index (χ1) is 12.0. The topological polar surface area (TPSA) is 61.8 Å². The van der Waals surface area contributed by atoms with Gasteiger partial charge in [0.2, 0.25) is 0 Å². The van der Waals surface area contributed by atoms with Crippen LogP contribution in [-0.4, -0.2) is 25.7 Å². The van der Waals surface area contributed by atoms with Gasteiger partial charge in [0.15, 0.2) is 0 Å². The van der Waals surface area contributed by atoms with Crippen molar-refractivity contribution in [1.82, 2.24) is 0 Å².